The van der Waals surface area contributed by atoms with Crippen LogP contribution in [0, 0.1) is 20.8 Å². The van der Waals surface area contributed by atoms with Gasteiger partial charge >= 0.3 is 0 Å². The Morgan fingerprint density at radius 3 is 2.23 bits per heavy atom. The van der Waals surface area contributed by atoms with Crippen molar-refractivity contribution in [3.05, 3.63) is 99.9 Å². The minimum Gasteiger partial charge on any atom is -0.325 e. The average molecular weight is 506 g/mol. The van der Waals surface area contributed by atoms with Gasteiger partial charge in [-0.1, -0.05) is 59.7 Å². The fourth-order valence-electron chi connectivity index (χ4n) is 3.60. The predicted molar refractivity (Wildman–Crippen MR) is 141 cm³/mol. The number of nitrogens with one attached hydrogen (secondary N) is 1. The van der Waals surface area contributed by atoms with Crippen molar-refractivity contribution < 1.29 is 13.2 Å². The van der Waals surface area contributed by atoms with E-state index in [1.165, 1.54) is 4.31 Å². The molecule has 8 heteroatoms. The van der Waals surface area contributed by atoms with Crippen LogP contribution in [-0.2, 0) is 21.4 Å². The lowest BCUT2D eigenvalue weighted by Crippen LogP contribution is -2.37. The quantitative estimate of drug-likeness (QED) is 0.340. The molecule has 0 bridgehead atoms. The Morgan fingerprint density at radius 1 is 0.943 bits per heavy atom. The van der Waals surface area contributed by atoms with Gasteiger partial charge in [0.2, 0.25) is 15.9 Å². The average Bonchev–Trinajstić information content (AvgIpc) is 3.27. The van der Waals surface area contributed by atoms with Crippen LogP contribution in [0.4, 0.5) is 5.69 Å². The number of thiazole rings is 1. The van der Waals surface area contributed by atoms with Gasteiger partial charge in [0.15, 0.2) is 0 Å². The molecule has 1 N–H and O–H groups in total. The zero-order chi connectivity index (χ0) is 25.0. The summed E-state index contributed by atoms with van der Waals surface area (Å²) >= 11 is 1.56. The number of aryl methyl sites for hydroxylation is 3. The summed E-state index contributed by atoms with van der Waals surface area (Å²) in [7, 11) is -3.90. The number of carbonyl (C=O) groups excluding carboxylic acids is 1. The number of rotatable bonds is 8. The molecule has 0 spiro atoms. The molecule has 1 amide bonds. The number of hydrogen-bond donors (Lipinski definition) is 1. The molecule has 1 heterocycles. The maximum Gasteiger partial charge on any atom is 0.243 e. The summed E-state index contributed by atoms with van der Waals surface area (Å²) in [5, 5.41) is 5.77. The fraction of sp³-hybridized carbons (Fsp3) is 0.185. The van der Waals surface area contributed by atoms with Gasteiger partial charge in [-0.25, -0.2) is 13.4 Å². The molecule has 1 aromatic heterocycles. The molecule has 4 aromatic rings. The van der Waals surface area contributed by atoms with Crippen molar-refractivity contribution in [1.82, 2.24) is 9.29 Å². The van der Waals surface area contributed by atoms with Crippen molar-refractivity contribution in [3.8, 4) is 11.3 Å². The molecular weight excluding hydrogens is 478 g/mol. The van der Waals surface area contributed by atoms with Crippen LogP contribution in [0.5, 0.6) is 0 Å². The Labute approximate surface area is 210 Å². The molecule has 3 aromatic carbocycles. The standard InChI is InChI=1S/C27H27N3O3S2/c1-19-7-11-22(12-8-19)16-30(35(32,33)25-13-9-20(2)10-14-25)17-27(31)29-24-6-4-5-23(15-24)26-18-34-21(3)28-26/h4-15,18H,16-17H2,1-3H3,(H,29,31). The summed E-state index contributed by atoms with van der Waals surface area (Å²) in [5.74, 6) is -0.417. The van der Waals surface area contributed by atoms with E-state index in [4.69, 9.17) is 0 Å². The highest BCUT2D eigenvalue weighted by Crippen LogP contribution is 2.25. The Morgan fingerprint density at radius 2 is 1.60 bits per heavy atom. The highest BCUT2D eigenvalue weighted by atomic mass is 32.2. The maximum atomic E-state index is 13.5. The van der Waals surface area contributed by atoms with Crippen LogP contribution in [-0.4, -0.2) is 30.2 Å². The van der Waals surface area contributed by atoms with Gasteiger partial charge in [-0.05, 0) is 50.6 Å². The monoisotopic (exact) mass is 505 g/mol. The molecule has 180 valence electrons. The smallest absolute Gasteiger partial charge is 0.243 e. The molecule has 0 saturated carbocycles. The first kappa shape index (κ1) is 24.8. The first-order chi connectivity index (χ1) is 16.7. The van der Waals surface area contributed by atoms with Crippen LogP contribution in [0.25, 0.3) is 11.3 Å². The Kier molecular flexibility index (Phi) is 7.45. The van der Waals surface area contributed by atoms with E-state index in [1.54, 1.807) is 41.7 Å². The first-order valence-corrected chi connectivity index (χ1v) is 13.5. The van der Waals surface area contributed by atoms with E-state index in [9.17, 15) is 13.2 Å². The number of carbonyl (C=O) groups is 1. The van der Waals surface area contributed by atoms with Crippen LogP contribution >= 0.6 is 11.3 Å². The molecule has 35 heavy (non-hydrogen) atoms. The molecule has 0 saturated heterocycles. The van der Waals surface area contributed by atoms with Gasteiger partial charge in [0.05, 0.1) is 22.1 Å². The van der Waals surface area contributed by atoms with E-state index in [-0.39, 0.29) is 18.0 Å². The molecule has 0 aliphatic heterocycles. The van der Waals surface area contributed by atoms with Gasteiger partial charge in [0.1, 0.15) is 0 Å². The van der Waals surface area contributed by atoms with E-state index in [1.807, 2.05) is 68.6 Å². The molecule has 0 aliphatic carbocycles. The first-order valence-electron chi connectivity index (χ1n) is 11.2. The predicted octanol–water partition coefficient (Wildman–Crippen LogP) is 5.56. The summed E-state index contributed by atoms with van der Waals surface area (Å²) < 4.78 is 28.2. The third-order valence-electron chi connectivity index (χ3n) is 5.52. The number of amides is 1. The summed E-state index contributed by atoms with van der Waals surface area (Å²) in [5.41, 5.74) is 5.15. The van der Waals surface area contributed by atoms with Crippen LogP contribution in [0.3, 0.4) is 0 Å². The number of anilines is 1. The van der Waals surface area contributed by atoms with Crippen molar-refractivity contribution in [3.63, 3.8) is 0 Å². The van der Waals surface area contributed by atoms with Gasteiger partial charge in [-0.2, -0.15) is 4.31 Å². The van der Waals surface area contributed by atoms with Crippen molar-refractivity contribution in [2.75, 3.05) is 11.9 Å². The zero-order valence-corrected chi connectivity index (χ0v) is 21.5. The largest absolute Gasteiger partial charge is 0.325 e. The maximum absolute atomic E-state index is 13.5. The number of hydrogen-bond acceptors (Lipinski definition) is 5. The van der Waals surface area contributed by atoms with Crippen LogP contribution in [0.2, 0.25) is 0 Å². The highest BCUT2D eigenvalue weighted by Gasteiger charge is 2.27. The van der Waals surface area contributed by atoms with Crippen molar-refractivity contribution in [2.24, 2.45) is 0 Å². The van der Waals surface area contributed by atoms with Crippen LogP contribution in [0.15, 0.2) is 83.1 Å². The molecule has 4 rings (SSSR count). The van der Waals surface area contributed by atoms with Gasteiger partial charge < -0.3 is 5.32 Å². The van der Waals surface area contributed by atoms with E-state index < -0.39 is 15.9 Å². The SMILES string of the molecule is Cc1ccc(CN(CC(=O)Nc2cccc(-c3csc(C)n3)c2)S(=O)(=O)c2ccc(C)cc2)cc1. The summed E-state index contributed by atoms with van der Waals surface area (Å²) in [6, 6.07) is 21.6. The molecule has 0 radical (unpaired) electrons. The summed E-state index contributed by atoms with van der Waals surface area (Å²) in [4.78, 5) is 17.7. The Hall–Kier alpha value is -3.33. The number of benzene rings is 3. The summed E-state index contributed by atoms with van der Waals surface area (Å²) in [6.07, 6.45) is 0. The van der Waals surface area contributed by atoms with Crippen LogP contribution < -0.4 is 5.32 Å². The van der Waals surface area contributed by atoms with Crippen LogP contribution in [0.1, 0.15) is 21.7 Å². The van der Waals surface area contributed by atoms with Crippen molar-refractivity contribution in [2.45, 2.75) is 32.2 Å². The van der Waals surface area contributed by atoms with E-state index in [0.717, 1.165) is 33.0 Å². The fourth-order valence-corrected chi connectivity index (χ4v) is 5.60. The third kappa shape index (κ3) is 6.22. The lowest BCUT2D eigenvalue weighted by Gasteiger charge is -2.22. The van der Waals surface area contributed by atoms with E-state index in [0.29, 0.717) is 5.69 Å². The molecule has 0 fully saturated rings. The van der Waals surface area contributed by atoms with E-state index in [2.05, 4.69) is 10.3 Å². The number of nitrogens with zero attached hydrogens (tertiary/aromatic N) is 2. The third-order valence-corrected chi connectivity index (χ3v) is 8.10. The number of sulfonamides is 1. The zero-order valence-electron chi connectivity index (χ0n) is 19.9. The molecule has 6 nitrogen and oxygen atoms in total. The second-order valence-electron chi connectivity index (χ2n) is 8.45. The van der Waals surface area contributed by atoms with Crippen molar-refractivity contribution >= 4 is 33.0 Å². The second-order valence-corrected chi connectivity index (χ2v) is 11.5. The normalized spacial score (nSPS) is 11.5. The topological polar surface area (TPSA) is 79.4 Å². The minimum absolute atomic E-state index is 0.0854. The molecular formula is C27H27N3O3S2. The second kappa shape index (κ2) is 10.5. The summed E-state index contributed by atoms with van der Waals surface area (Å²) in [6.45, 7) is 5.58. The van der Waals surface area contributed by atoms with Gasteiger partial charge in [0.25, 0.3) is 0 Å². The van der Waals surface area contributed by atoms with Gasteiger partial charge in [-0.15, -0.1) is 11.3 Å². The Bertz CT molecular complexity index is 1430. The molecule has 0 unspecified atom stereocenters. The van der Waals surface area contributed by atoms with Gasteiger partial charge in [-0.3, -0.25) is 4.79 Å². The van der Waals surface area contributed by atoms with Gasteiger partial charge in [0, 0.05) is 23.2 Å². The number of aromatic nitrogens is 1. The lowest BCUT2D eigenvalue weighted by molar-refractivity contribution is -0.116. The highest BCUT2D eigenvalue weighted by molar-refractivity contribution is 7.89. The minimum atomic E-state index is -3.90. The van der Waals surface area contributed by atoms with Crippen molar-refractivity contribution in [1.29, 1.82) is 0 Å². The lowest BCUT2D eigenvalue weighted by atomic mass is 10.1. The molecule has 0 aliphatic rings. The Balaban J connectivity index is 1.57. The molecule has 0 atom stereocenters. The van der Waals surface area contributed by atoms with E-state index >= 15 is 0 Å².